The van der Waals surface area contributed by atoms with Crippen molar-refractivity contribution in [3.8, 4) is 5.75 Å². The van der Waals surface area contributed by atoms with Crippen LogP contribution in [0, 0.1) is 6.92 Å². The van der Waals surface area contributed by atoms with Crippen molar-refractivity contribution in [3.05, 3.63) is 41.5 Å². The molecule has 0 saturated heterocycles. The first-order chi connectivity index (χ1) is 8.24. The fourth-order valence-corrected chi connectivity index (χ4v) is 2.36. The average Bonchev–Trinajstić information content (AvgIpc) is 2.36. The number of rotatable bonds is 4. The maximum Gasteiger partial charge on any atom is 0.126 e. The molecule has 90 valence electrons. The van der Waals surface area contributed by atoms with Crippen molar-refractivity contribution in [2.75, 3.05) is 0 Å². The van der Waals surface area contributed by atoms with Crippen molar-refractivity contribution >= 4 is 10.8 Å². The number of benzene rings is 2. The molecule has 2 aromatic rings. The van der Waals surface area contributed by atoms with E-state index in [1.807, 2.05) is 25.1 Å². The van der Waals surface area contributed by atoms with E-state index in [1.165, 1.54) is 30.2 Å². The minimum atomic E-state index is 0.430. The van der Waals surface area contributed by atoms with Crippen molar-refractivity contribution in [1.29, 1.82) is 0 Å². The molecule has 1 heteroatoms. The smallest absolute Gasteiger partial charge is 0.126 e. The summed E-state index contributed by atoms with van der Waals surface area (Å²) in [7, 11) is 0. The van der Waals surface area contributed by atoms with E-state index in [4.69, 9.17) is 0 Å². The summed E-state index contributed by atoms with van der Waals surface area (Å²) < 4.78 is 0. The van der Waals surface area contributed by atoms with Crippen LogP contribution in [0.3, 0.4) is 0 Å². The Bertz CT molecular complexity index is 514. The van der Waals surface area contributed by atoms with E-state index in [1.54, 1.807) is 0 Å². The van der Waals surface area contributed by atoms with Gasteiger partial charge >= 0.3 is 0 Å². The molecule has 0 amide bonds. The van der Waals surface area contributed by atoms with Crippen molar-refractivity contribution in [2.24, 2.45) is 0 Å². The van der Waals surface area contributed by atoms with E-state index >= 15 is 0 Å². The summed E-state index contributed by atoms with van der Waals surface area (Å²) in [5.41, 5.74) is 2.35. The number of aromatic hydroxyl groups is 1. The molecule has 0 radical (unpaired) electrons. The summed E-state index contributed by atoms with van der Waals surface area (Å²) in [5.74, 6) is 0.430. The van der Waals surface area contributed by atoms with E-state index in [-0.39, 0.29) is 0 Å². The molecule has 17 heavy (non-hydrogen) atoms. The lowest BCUT2D eigenvalue weighted by Gasteiger charge is -2.10. The molecular weight excluding hydrogens is 208 g/mol. The predicted molar refractivity (Wildman–Crippen MR) is 73.6 cm³/mol. The lowest BCUT2D eigenvalue weighted by atomic mass is 9.96. The van der Waals surface area contributed by atoms with E-state index in [2.05, 4.69) is 19.1 Å². The summed E-state index contributed by atoms with van der Waals surface area (Å²) in [6, 6.07) is 10.3. The van der Waals surface area contributed by atoms with Crippen molar-refractivity contribution in [3.63, 3.8) is 0 Å². The summed E-state index contributed by atoms with van der Waals surface area (Å²) in [6.45, 7) is 4.20. The molecular formula is C16H20O. The third kappa shape index (κ3) is 2.44. The van der Waals surface area contributed by atoms with Crippen LogP contribution < -0.4 is 0 Å². The Morgan fingerprint density at radius 3 is 2.47 bits per heavy atom. The van der Waals surface area contributed by atoms with Crippen molar-refractivity contribution in [1.82, 2.24) is 0 Å². The SMILES string of the molecule is CCCCCc1cc(C)c(O)c2ccccc12. The Hall–Kier alpha value is -1.50. The maximum atomic E-state index is 10.1. The van der Waals surface area contributed by atoms with E-state index in [0.717, 1.165) is 17.4 Å². The number of aryl methyl sites for hydroxylation is 2. The molecule has 0 aliphatic heterocycles. The largest absolute Gasteiger partial charge is 0.507 e. The van der Waals surface area contributed by atoms with Crippen molar-refractivity contribution in [2.45, 2.75) is 39.5 Å². The van der Waals surface area contributed by atoms with Gasteiger partial charge in [-0.15, -0.1) is 0 Å². The second kappa shape index (κ2) is 5.22. The Labute approximate surface area is 103 Å². The highest BCUT2D eigenvalue weighted by Crippen LogP contribution is 2.31. The van der Waals surface area contributed by atoms with E-state index < -0.39 is 0 Å². The van der Waals surface area contributed by atoms with Crippen LogP contribution in [-0.4, -0.2) is 5.11 Å². The first-order valence-corrected chi connectivity index (χ1v) is 6.44. The third-order valence-electron chi connectivity index (χ3n) is 3.34. The van der Waals surface area contributed by atoms with Crippen LogP contribution >= 0.6 is 0 Å². The standard InChI is InChI=1S/C16H20O/c1-3-4-5-8-13-11-12(2)16(17)15-10-7-6-9-14(13)15/h6-7,9-11,17H,3-5,8H2,1-2H3. The van der Waals surface area contributed by atoms with Gasteiger partial charge in [0.15, 0.2) is 0 Å². The number of fused-ring (bicyclic) bond motifs is 1. The first-order valence-electron chi connectivity index (χ1n) is 6.44. The van der Waals surface area contributed by atoms with Gasteiger partial charge < -0.3 is 5.11 Å². The van der Waals surface area contributed by atoms with E-state index in [0.29, 0.717) is 5.75 Å². The van der Waals surface area contributed by atoms with Gasteiger partial charge in [0.05, 0.1) is 0 Å². The summed E-state index contributed by atoms with van der Waals surface area (Å²) in [5, 5.41) is 12.2. The highest BCUT2D eigenvalue weighted by molar-refractivity contribution is 5.92. The van der Waals surface area contributed by atoms with Gasteiger partial charge in [-0.25, -0.2) is 0 Å². The van der Waals surface area contributed by atoms with Crippen LogP contribution in [0.2, 0.25) is 0 Å². The van der Waals surface area contributed by atoms with Gasteiger partial charge in [0, 0.05) is 5.39 Å². The van der Waals surface area contributed by atoms with Crippen LogP contribution in [0.4, 0.5) is 0 Å². The van der Waals surface area contributed by atoms with Gasteiger partial charge in [0.2, 0.25) is 0 Å². The second-order valence-corrected chi connectivity index (χ2v) is 4.70. The molecule has 0 aliphatic carbocycles. The molecule has 1 nitrogen and oxygen atoms in total. The normalized spacial score (nSPS) is 10.9. The minimum Gasteiger partial charge on any atom is -0.507 e. The molecule has 2 rings (SSSR count). The Morgan fingerprint density at radius 1 is 1.06 bits per heavy atom. The monoisotopic (exact) mass is 228 g/mol. The molecule has 0 atom stereocenters. The van der Waals surface area contributed by atoms with E-state index in [9.17, 15) is 5.11 Å². The van der Waals surface area contributed by atoms with Gasteiger partial charge in [0.25, 0.3) is 0 Å². The third-order valence-corrected chi connectivity index (χ3v) is 3.34. The van der Waals surface area contributed by atoms with Gasteiger partial charge in [0.1, 0.15) is 5.75 Å². The van der Waals surface area contributed by atoms with Gasteiger partial charge in [-0.1, -0.05) is 50.1 Å². The quantitative estimate of drug-likeness (QED) is 0.759. The molecule has 0 fully saturated rings. The zero-order valence-corrected chi connectivity index (χ0v) is 10.7. The van der Waals surface area contributed by atoms with Crippen LogP contribution in [0.15, 0.2) is 30.3 Å². The Morgan fingerprint density at radius 2 is 1.76 bits per heavy atom. The predicted octanol–water partition coefficient (Wildman–Crippen LogP) is 4.59. The van der Waals surface area contributed by atoms with Crippen LogP contribution in [0.5, 0.6) is 5.75 Å². The van der Waals surface area contributed by atoms with Gasteiger partial charge in [-0.3, -0.25) is 0 Å². The maximum absolute atomic E-state index is 10.1. The molecule has 1 N–H and O–H groups in total. The lowest BCUT2D eigenvalue weighted by Crippen LogP contribution is -1.90. The molecule has 2 aromatic carbocycles. The molecule has 0 spiro atoms. The van der Waals surface area contributed by atoms with Gasteiger partial charge in [-0.2, -0.15) is 0 Å². The number of phenolic OH excluding ortho intramolecular Hbond substituents is 1. The minimum absolute atomic E-state index is 0.430. The Balaban J connectivity index is 2.44. The zero-order chi connectivity index (χ0) is 12.3. The first kappa shape index (κ1) is 12.0. The highest BCUT2D eigenvalue weighted by Gasteiger charge is 2.07. The number of phenols is 1. The molecule has 0 unspecified atom stereocenters. The molecule has 0 aliphatic rings. The van der Waals surface area contributed by atoms with Crippen molar-refractivity contribution < 1.29 is 5.11 Å². The summed E-state index contributed by atoms with van der Waals surface area (Å²) in [4.78, 5) is 0. The van der Waals surface area contributed by atoms with Crippen LogP contribution in [-0.2, 0) is 6.42 Å². The number of hydrogen-bond donors (Lipinski definition) is 1. The summed E-state index contributed by atoms with van der Waals surface area (Å²) in [6.07, 6.45) is 4.85. The number of unbranched alkanes of at least 4 members (excludes halogenated alkanes) is 2. The van der Waals surface area contributed by atoms with Gasteiger partial charge in [-0.05, 0) is 36.3 Å². The average molecular weight is 228 g/mol. The molecule has 0 saturated carbocycles. The Kier molecular flexibility index (Phi) is 3.68. The molecule has 0 bridgehead atoms. The lowest BCUT2D eigenvalue weighted by molar-refractivity contribution is 0.477. The summed E-state index contributed by atoms with van der Waals surface area (Å²) >= 11 is 0. The zero-order valence-electron chi connectivity index (χ0n) is 10.7. The molecule has 0 aromatic heterocycles. The van der Waals surface area contributed by atoms with Crippen LogP contribution in [0.25, 0.3) is 10.8 Å². The number of hydrogen-bond acceptors (Lipinski definition) is 1. The fraction of sp³-hybridized carbons (Fsp3) is 0.375. The van der Waals surface area contributed by atoms with Crippen LogP contribution in [0.1, 0.15) is 37.3 Å². The topological polar surface area (TPSA) is 20.2 Å². The molecule has 0 heterocycles. The highest BCUT2D eigenvalue weighted by atomic mass is 16.3. The second-order valence-electron chi connectivity index (χ2n) is 4.70. The fourth-order valence-electron chi connectivity index (χ4n) is 2.36.